The lowest BCUT2D eigenvalue weighted by molar-refractivity contribution is 0.186. The molecule has 0 radical (unpaired) electrons. The Morgan fingerprint density at radius 1 is 0.973 bits per heavy atom. The standard InChI is InChI=1S/C29H34FN2O3PS/c1-2-35-29-18-28(23-7-9-25(30)10-8-23)27(22-5-6-22)17-24(29)19-31-13-15-32(16-14-31)37-20-21-3-11-26(12-4-21)36(33)34/h3-4,7-12,17-18,22,33-34H,2,5-6,13-16,19-20H2,1H3. The van der Waals surface area contributed by atoms with Crippen molar-refractivity contribution in [1.82, 2.24) is 9.21 Å². The smallest absolute Gasteiger partial charge is 0.199 e. The highest BCUT2D eigenvalue weighted by atomic mass is 32.2. The van der Waals surface area contributed by atoms with Crippen molar-refractivity contribution in [3.05, 3.63) is 83.2 Å². The molecule has 196 valence electrons. The van der Waals surface area contributed by atoms with Crippen LogP contribution in [0.15, 0.2) is 60.7 Å². The summed E-state index contributed by atoms with van der Waals surface area (Å²) in [5.74, 6) is 2.18. The third kappa shape index (κ3) is 6.91. The van der Waals surface area contributed by atoms with Gasteiger partial charge in [-0.05, 0) is 84.3 Å². The van der Waals surface area contributed by atoms with E-state index >= 15 is 0 Å². The number of piperazine rings is 1. The normalized spacial score (nSPS) is 16.9. The van der Waals surface area contributed by atoms with Gasteiger partial charge < -0.3 is 14.5 Å². The first kappa shape index (κ1) is 26.6. The Morgan fingerprint density at radius 3 is 2.30 bits per heavy atom. The van der Waals surface area contributed by atoms with Crippen LogP contribution in [0.25, 0.3) is 11.1 Å². The minimum absolute atomic E-state index is 0.212. The molecule has 0 spiro atoms. The van der Waals surface area contributed by atoms with Crippen LogP contribution >= 0.6 is 20.3 Å². The second-order valence-electron chi connectivity index (χ2n) is 9.70. The van der Waals surface area contributed by atoms with Gasteiger partial charge in [0.25, 0.3) is 0 Å². The van der Waals surface area contributed by atoms with E-state index in [9.17, 15) is 14.2 Å². The van der Waals surface area contributed by atoms with Crippen molar-refractivity contribution in [2.45, 2.75) is 38.0 Å². The molecule has 1 saturated heterocycles. The molecule has 3 aromatic carbocycles. The van der Waals surface area contributed by atoms with Crippen molar-refractivity contribution in [1.29, 1.82) is 0 Å². The molecular formula is C29H34FN2O3PS. The van der Waals surface area contributed by atoms with Gasteiger partial charge in [0.1, 0.15) is 11.6 Å². The molecule has 2 fully saturated rings. The molecule has 2 aliphatic rings. The fourth-order valence-electron chi connectivity index (χ4n) is 4.82. The van der Waals surface area contributed by atoms with Gasteiger partial charge in [0.2, 0.25) is 0 Å². The van der Waals surface area contributed by atoms with E-state index in [4.69, 9.17) is 4.74 Å². The summed E-state index contributed by atoms with van der Waals surface area (Å²) in [6.45, 7) is 7.48. The summed E-state index contributed by atoms with van der Waals surface area (Å²) < 4.78 is 22.1. The average molecular weight is 541 g/mol. The Labute approximate surface area is 224 Å². The maximum atomic E-state index is 13.6. The Balaban J connectivity index is 1.22. The lowest BCUT2D eigenvalue weighted by Gasteiger charge is -2.34. The van der Waals surface area contributed by atoms with Gasteiger partial charge in [0.05, 0.1) is 6.61 Å². The number of halogens is 1. The average Bonchev–Trinajstić information content (AvgIpc) is 3.75. The summed E-state index contributed by atoms with van der Waals surface area (Å²) in [4.78, 5) is 21.2. The molecule has 3 aromatic rings. The minimum atomic E-state index is -2.02. The zero-order chi connectivity index (χ0) is 25.8. The van der Waals surface area contributed by atoms with Crippen LogP contribution in [-0.4, -0.2) is 51.8 Å². The third-order valence-corrected chi connectivity index (χ3v) is 8.96. The van der Waals surface area contributed by atoms with Gasteiger partial charge in [-0.3, -0.25) is 4.90 Å². The predicted molar refractivity (Wildman–Crippen MR) is 151 cm³/mol. The minimum Gasteiger partial charge on any atom is -0.494 e. The van der Waals surface area contributed by atoms with Crippen molar-refractivity contribution in [3.8, 4) is 16.9 Å². The van der Waals surface area contributed by atoms with E-state index in [0.717, 1.165) is 49.8 Å². The maximum absolute atomic E-state index is 13.6. The van der Waals surface area contributed by atoms with Gasteiger partial charge in [0.15, 0.2) is 8.38 Å². The number of hydrogen-bond acceptors (Lipinski definition) is 6. The van der Waals surface area contributed by atoms with Gasteiger partial charge in [0, 0.05) is 49.3 Å². The van der Waals surface area contributed by atoms with Crippen molar-refractivity contribution >= 4 is 25.6 Å². The Bertz CT molecular complexity index is 1180. The molecule has 0 unspecified atom stereocenters. The van der Waals surface area contributed by atoms with Crippen LogP contribution < -0.4 is 10.0 Å². The van der Waals surface area contributed by atoms with Gasteiger partial charge in [-0.2, -0.15) is 0 Å². The van der Waals surface area contributed by atoms with E-state index < -0.39 is 8.38 Å². The van der Waals surface area contributed by atoms with Crippen LogP contribution in [0.5, 0.6) is 5.75 Å². The van der Waals surface area contributed by atoms with Crippen molar-refractivity contribution in [2.24, 2.45) is 0 Å². The molecule has 37 heavy (non-hydrogen) atoms. The van der Waals surface area contributed by atoms with E-state index in [1.807, 2.05) is 43.1 Å². The number of ether oxygens (including phenoxy) is 1. The van der Waals surface area contributed by atoms with Crippen molar-refractivity contribution in [3.63, 3.8) is 0 Å². The summed E-state index contributed by atoms with van der Waals surface area (Å²) in [6, 6.07) is 18.9. The van der Waals surface area contributed by atoms with Gasteiger partial charge >= 0.3 is 0 Å². The highest BCUT2D eigenvalue weighted by Crippen LogP contribution is 2.46. The van der Waals surface area contributed by atoms with E-state index in [-0.39, 0.29) is 5.82 Å². The van der Waals surface area contributed by atoms with Crippen molar-refractivity contribution < 1.29 is 18.9 Å². The summed E-state index contributed by atoms with van der Waals surface area (Å²) in [5.41, 5.74) is 6.00. The Kier molecular flexibility index (Phi) is 8.81. The molecule has 0 aromatic heterocycles. The monoisotopic (exact) mass is 540 g/mol. The van der Waals surface area contributed by atoms with Crippen LogP contribution in [0, 0.1) is 5.82 Å². The first-order chi connectivity index (χ1) is 18.0. The predicted octanol–water partition coefficient (Wildman–Crippen LogP) is 5.66. The fourth-order valence-corrected chi connectivity index (χ4v) is 6.18. The fraction of sp³-hybridized carbons (Fsp3) is 0.379. The van der Waals surface area contributed by atoms with Gasteiger partial charge in [-0.15, -0.1) is 0 Å². The summed E-state index contributed by atoms with van der Waals surface area (Å²) >= 11 is 1.84. The second-order valence-corrected chi connectivity index (χ2v) is 11.9. The lowest BCUT2D eigenvalue weighted by Crippen LogP contribution is -2.43. The molecular weight excluding hydrogens is 506 g/mol. The maximum Gasteiger partial charge on any atom is 0.199 e. The molecule has 8 heteroatoms. The van der Waals surface area contributed by atoms with E-state index in [1.165, 1.54) is 47.2 Å². The summed E-state index contributed by atoms with van der Waals surface area (Å²) in [7, 11) is -2.02. The molecule has 1 aliphatic heterocycles. The van der Waals surface area contributed by atoms with Crippen LogP contribution in [0.2, 0.25) is 0 Å². The Hall–Kier alpha value is -1.99. The zero-order valence-electron chi connectivity index (χ0n) is 21.1. The van der Waals surface area contributed by atoms with Crippen LogP contribution in [0.4, 0.5) is 4.39 Å². The summed E-state index contributed by atoms with van der Waals surface area (Å²) in [6.07, 6.45) is 2.42. The van der Waals surface area contributed by atoms with E-state index in [2.05, 4.69) is 21.3 Å². The topological polar surface area (TPSA) is 56.2 Å². The van der Waals surface area contributed by atoms with Crippen LogP contribution in [0.1, 0.15) is 42.4 Å². The third-order valence-electron chi connectivity index (χ3n) is 7.01. The first-order valence-corrected chi connectivity index (χ1v) is 15.1. The lowest BCUT2D eigenvalue weighted by atomic mass is 9.93. The zero-order valence-corrected chi connectivity index (χ0v) is 22.9. The number of hydrogen-bond donors (Lipinski definition) is 2. The molecule has 0 bridgehead atoms. The van der Waals surface area contributed by atoms with Crippen LogP contribution in [-0.2, 0) is 12.3 Å². The quantitative estimate of drug-likeness (QED) is 0.256. The molecule has 1 heterocycles. The molecule has 1 saturated carbocycles. The van der Waals surface area contributed by atoms with Gasteiger partial charge in [-0.1, -0.05) is 36.2 Å². The molecule has 5 nitrogen and oxygen atoms in total. The van der Waals surface area contributed by atoms with Gasteiger partial charge in [-0.25, -0.2) is 8.70 Å². The molecule has 2 N–H and O–H groups in total. The van der Waals surface area contributed by atoms with E-state index in [0.29, 0.717) is 17.8 Å². The number of benzene rings is 3. The molecule has 5 rings (SSSR count). The SMILES string of the molecule is CCOc1cc(-c2ccc(F)cc2)c(C2CC2)cc1CN1CCN(SCc2ccc(P(O)O)cc2)CC1. The van der Waals surface area contributed by atoms with Crippen LogP contribution in [0.3, 0.4) is 0 Å². The van der Waals surface area contributed by atoms with E-state index in [1.54, 1.807) is 12.1 Å². The highest BCUT2D eigenvalue weighted by molar-refractivity contribution is 7.96. The molecule has 0 amide bonds. The largest absolute Gasteiger partial charge is 0.494 e. The first-order valence-electron chi connectivity index (χ1n) is 12.9. The highest BCUT2D eigenvalue weighted by Gasteiger charge is 2.29. The number of rotatable bonds is 10. The number of nitrogens with zero attached hydrogens (tertiary/aromatic N) is 2. The van der Waals surface area contributed by atoms with Crippen molar-refractivity contribution in [2.75, 3.05) is 32.8 Å². The second kappa shape index (κ2) is 12.2. The molecule has 1 aliphatic carbocycles. The molecule has 0 atom stereocenters. The summed E-state index contributed by atoms with van der Waals surface area (Å²) in [5, 5.41) is 0.583. The Morgan fingerprint density at radius 2 is 1.68 bits per heavy atom.